The van der Waals surface area contributed by atoms with Gasteiger partial charge in [0, 0.05) is 19.0 Å². The maximum absolute atomic E-state index is 13.5. The number of nitrogens with zero attached hydrogens (tertiary/aromatic N) is 2. The van der Waals surface area contributed by atoms with Gasteiger partial charge in [0.05, 0.1) is 18.7 Å². The summed E-state index contributed by atoms with van der Waals surface area (Å²) in [6.45, 7) is 8.50. The lowest BCUT2D eigenvalue weighted by atomic mass is 9.85. The summed E-state index contributed by atoms with van der Waals surface area (Å²) in [4.78, 5) is 40.1. The first-order chi connectivity index (χ1) is 15.6. The average Bonchev–Trinajstić information content (AvgIpc) is 3.07. The number of amides is 3. The van der Waals surface area contributed by atoms with Crippen molar-refractivity contribution in [2.75, 3.05) is 19.6 Å². The van der Waals surface area contributed by atoms with Crippen LogP contribution >= 0.6 is 0 Å². The maximum Gasteiger partial charge on any atom is 0.401 e. The minimum atomic E-state index is -4.48. The third-order valence-corrected chi connectivity index (χ3v) is 7.54. The van der Waals surface area contributed by atoms with Crippen LogP contribution in [0.4, 0.5) is 13.2 Å². The van der Waals surface area contributed by atoms with E-state index in [-0.39, 0.29) is 42.0 Å². The SMILES string of the molecule is CC(C)(C)C(NCC(F)(F)F)C(=O)N1CC2C(C1C(=O)NC(C#N)CC1CCNC1=O)C2(C)C. The van der Waals surface area contributed by atoms with E-state index in [4.69, 9.17) is 0 Å². The second kappa shape index (κ2) is 9.02. The summed E-state index contributed by atoms with van der Waals surface area (Å²) in [7, 11) is 0. The van der Waals surface area contributed by atoms with Gasteiger partial charge in [0.25, 0.3) is 0 Å². The molecule has 3 aliphatic rings. The quantitative estimate of drug-likeness (QED) is 0.507. The van der Waals surface area contributed by atoms with Crippen LogP contribution in [-0.4, -0.2) is 66.6 Å². The zero-order valence-corrected chi connectivity index (χ0v) is 20.3. The van der Waals surface area contributed by atoms with Crippen molar-refractivity contribution in [3.63, 3.8) is 0 Å². The van der Waals surface area contributed by atoms with Gasteiger partial charge >= 0.3 is 6.18 Å². The predicted molar refractivity (Wildman–Crippen MR) is 117 cm³/mol. The van der Waals surface area contributed by atoms with Gasteiger partial charge in [0.2, 0.25) is 17.7 Å². The molecule has 2 saturated heterocycles. The Balaban J connectivity index is 1.77. The molecule has 3 N–H and O–H groups in total. The van der Waals surface area contributed by atoms with Crippen LogP contribution in [-0.2, 0) is 14.4 Å². The van der Waals surface area contributed by atoms with E-state index in [0.717, 1.165) is 0 Å². The summed E-state index contributed by atoms with van der Waals surface area (Å²) < 4.78 is 38.7. The topological polar surface area (TPSA) is 114 Å². The van der Waals surface area contributed by atoms with E-state index >= 15 is 0 Å². The zero-order valence-electron chi connectivity index (χ0n) is 20.3. The molecule has 0 aromatic heterocycles. The Morgan fingerprint density at radius 1 is 1.29 bits per heavy atom. The van der Waals surface area contributed by atoms with Gasteiger partial charge in [0.15, 0.2) is 0 Å². The lowest BCUT2D eigenvalue weighted by molar-refractivity contribution is -0.147. The lowest BCUT2D eigenvalue weighted by Gasteiger charge is -2.38. The molecule has 2 aliphatic heterocycles. The van der Waals surface area contributed by atoms with Crippen LogP contribution in [0.15, 0.2) is 0 Å². The highest BCUT2D eigenvalue weighted by Crippen LogP contribution is 2.65. The molecular formula is C23H34F3N5O3. The number of hydrogen-bond donors (Lipinski definition) is 3. The van der Waals surface area contributed by atoms with E-state index in [0.29, 0.717) is 13.0 Å². The average molecular weight is 486 g/mol. The van der Waals surface area contributed by atoms with Crippen molar-refractivity contribution in [2.45, 2.75) is 71.8 Å². The molecule has 2 heterocycles. The fourth-order valence-corrected chi connectivity index (χ4v) is 5.52. The number of halogens is 3. The molecule has 3 fully saturated rings. The van der Waals surface area contributed by atoms with E-state index < -0.39 is 48.1 Å². The number of hydrogen-bond acceptors (Lipinski definition) is 5. The zero-order chi connectivity index (χ0) is 25.6. The summed E-state index contributed by atoms with van der Waals surface area (Å²) in [5.74, 6) is -1.67. The van der Waals surface area contributed by atoms with Crippen molar-refractivity contribution in [1.29, 1.82) is 5.26 Å². The number of fused-ring (bicyclic) bond motifs is 1. The number of nitriles is 1. The van der Waals surface area contributed by atoms with Gasteiger partial charge in [-0.3, -0.25) is 19.7 Å². The molecule has 0 bridgehead atoms. The summed E-state index contributed by atoms with van der Waals surface area (Å²) in [6.07, 6.45) is -3.73. The molecule has 1 saturated carbocycles. The number of carbonyl (C=O) groups excluding carboxylic acids is 3. The molecule has 6 atom stereocenters. The van der Waals surface area contributed by atoms with Gasteiger partial charge in [-0.05, 0) is 35.5 Å². The Kier molecular flexibility index (Phi) is 6.97. The third kappa shape index (κ3) is 5.32. The molecule has 3 amide bonds. The van der Waals surface area contributed by atoms with Crippen LogP contribution < -0.4 is 16.0 Å². The molecule has 6 unspecified atom stereocenters. The summed E-state index contributed by atoms with van der Waals surface area (Å²) in [5, 5.41) is 17.3. The fourth-order valence-electron chi connectivity index (χ4n) is 5.52. The monoisotopic (exact) mass is 485 g/mol. The lowest BCUT2D eigenvalue weighted by Crippen LogP contribution is -2.59. The van der Waals surface area contributed by atoms with Crippen LogP contribution in [0.25, 0.3) is 0 Å². The van der Waals surface area contributed by atoms with Crippen LogP contribution in [0, 0.1) is 39.9 Å². The smallest absolute Gasteiger partial charge is 0.356 e. The first-order valence-electron chi connectivity index (χ1n) is 11.7. The number of nitrogens with one attached hydrogen (secondary N) is 3. The molecule has 0 spiro atoms. The summed E-state index contributed by atoms with van der Waals surface area (Å²) in [6, 6.07) is -0.890. The van der Waals surface area contributed by atoms with Crippen molar-refractivity contribution >= 4 is 17.7 Å². The van der Waals surface area contributed by atoms with Crippen LogP contribution in [0.5, 0.6) is 0 Å². The third-order valence-electron chi connectivity index (χ3n) is 7.54. The van der Waals surface area contributed by atoms with E-state index in [1.807, 2.05) is 19.9 Å². The Labute approximate surface area is 198 Å². The minimum Gasteiger partial charge on any atom is -0.356 e. The number of alkyl halides is 3. The number of rotatable bonds is 7. The number of likely N-dealkylation sites (tertiary alicyclic amines) is 1. The van der Waals surface area contributed by atoms with E-state index in [2.05, 4.69) is 16.0 Å². The van der Waals surface area contributed by atoms with E-state index in [1.165, 1.54) is 4.90 Å². The largest absolute Gasteiger partial charge is 0.401 e. The molecule has 0 aromatic rings. The summed E-state index contributed by atoms with van der Waals surface area (Å²) >= 11 is 0. The van der Waals surface area contributed by atoms with Gasteiger partial charge in [-0.25, -0.2) is 0 Å². The molecule has 8 nitrogen and oxygen atoms in total. The number of carbonyl (C=O) groups is 3. The van der Waals surface area contributed by atoms with Gasteiger partial charge in [0.1, 0.15) is 12.1 Å². The first-order valence-corrected chi connectivity index (χ1v) is 11.7. The fraction of sp³-hybridized carbons (Fsp3) is 0.826. The molecular weight excluding hydrogens is 451 g/mol. The normalized spacial score (nSPS) is 29.6. The molecule has 11 heteroatoms. The van der Waals surface area contributed by atoms with Crippen LogP contribution in [0.2, 0.25) is 0 Å². The molecule has 0 radical (unpaired) electrons. The molecule has 190 valence electrons. The second-order valence-corrected chi connectivity index (χ2v) is 11.4. The molecule has 3 rings (SSSR count). The van der Waals surface area contributed by atoms with Crippen molar-refractivity contribution in [3.8, 4) is 6.07 Å². The highest BCUT2D eigenvalue weighted by Gasteiger charge is 2.69. The molecule has 0 aromatic carbocycles. The summed E-state index contributed by atoms with van der Waals surface area (Å²) in [5.41, 5.74) is -1.01. The van der Waals surface area contributed by atoms with Crippen LogP contribution in [0.3, 0.4) is 0 Å². The Hall–Kier alpha value is -2.35. The van der Waals surface area contributed by atoms with Crippen molar-refractivity contribution < 1.29 is 27.6 Å². The molecule has 34 heavy (non-hydrogen) atoms. The number of piperidine rings is 1. The predicted octanol–water partition coefficient (Wildman–Crippen LogP) is 1.57. The standard InChI is InChI=1S/C23H34F3N5O3/c1-21(2,3)17(29-11-23(24,25)26)20(34)31-10-14-15(22(14,4)5)16(31)19(33)30-13(9-27)8-12-6-7-28-18(12)32/h12-17,29H,6-8,10-11H2,1-5H3,(H,28,32)(H,30,33). The highest BCUT2D eigenvalue weighted by atomic mass is 19.4. The van der Waals surface area contributed by atoms with Crippen molar-refractivity contribution in [3.05, 3.63) is 0 Å². The molecule has 1 aliphatic carbocycles. The second-order valence-electron chi connectivity index (χ2n) is 11.4. The first kappa shape index (κ1) is 26.3. The Morgan fingerprint density at radius 3 is 2.44 bits per heavy atom. The van der Waals surface area contributed by atoms with Gasteiger partial charge in [-0.1, -0.05) is 34.6 Å². The van der Waals surface area contributed by atoms with Crippen molar-refractivity contribution in [1.82, 2.24) is 20.9 Å². The van der Waals surface area contributed by atoms with E-state index in [1.54, 1.807) is 20.8 Å². The maximum atomic E-state index is 13.5. The van der Waals surface area contributed by atoms with Gasteiger partial charge in [-0.2, -0.15) is 18.4 Å². The van der Waals surface area contributed by atoms with E-state index in [9.17, 15) is 32.8 Å². The van der Waals surface area contributed by atoms with Crippen LogP contribution in [0.1, 0.15) is 47.5 Å². The van der Waals surface area contributed by atoms with Crippen molar-refractivity contribution in [2.24, 2.45) is 28.6 Å². The Morgan fingerprint density at radius 2 is 1.94 bits per heavy atom. The van der Waals surface area contributed by atoms with Gasteiger partial charge in [-0.15, -0.1) is 0 Å². The van der Waals surface area contributed by atoms with Gasteiger partial charge < -0.3 is 15.5 Å². The Bertz CT molecular complexity index is 877. The highest BCUT2D eigenvalue weighted by molar-refractivity contribution is 5.92. The minimum absolute atomic E-state index is 0.0524.